The fraction of sp³-hybridized carbons (Fsp3) is 1.00. The van der Waals surface area contributed by atoms with E-state index in [1.165, 1.54) is 20.8 Å². The number of hydrogen-bond acceptors (Lipinski definition) is 4. The van der Waals surface area contributed by atoms with E-state index in [9.17, 15) is 18.9 Å². The van der Waals surface area contributed by atoms with Crippen molar-refractivity contribution in [3.8, 4) is 0 Å². The first-order valence-corrected chi connectivity index (χ1v) is 7.76. The lowest BCUT2D eigenvalue weighted by Crippen LogP contribution is -2.22. The Kier molecular flexibility index (Phi) is 5.36. The van der Waals surface area contributed by atoms with Gasteiger partial charge in [-0.25, -0.2) is 14.2 Å². The third-order valence-electron chi connectivity index (χ3n) is 1.02. The largest absolute Gasteiger partial charge is 0.480 e. The van der Waals surface area contributed by atoms with E-state index in [1.807, 2.05) is 0 Å². The highest BCUT2D eigenvalue weighted by Gasteiger charge is 2.37. The molecule has 2 atom stereocenters. The Morgan fingerprint density at radius 3 is 1.94 bits per heavy atom. The van der Waals surface area contributed by atoms with Crippen LogP contribution in [-0.4, -0.2) is 21.4 Å². The van der Waals surface area contributed by atoms with Crippen LogP contribution in [0.5, 0.6) is 0 Å². The minimum atomic E-state index is -4.57. The van der Waals surface area contributed by atoms with Crippen molar-refractivity contribution in [2.24, 2.45) is 0 Å². The molecule has 0 fully saturated rings. The van der Waals surface area contributed by atoms with Crippen LogP contribution >= 0.6 is 15.6 Å². The van der Waals surface area contributed by atoms with Gasteiger partial charge in [0, 0.05) is 6.04 Å². The van der Waals surface area contributed by atoms with Crippen molar-refractivity contribution in [3.63, 3.8) is 0 Å². The summed E-state index contributed by atoms with van der Waals surface area (Å²) in [5, 5.41) is 2.14. The van der Waals surface area contributed by atoms with Gasteiger partial charge < -0.3 is 9.79 Å². The van der Waals surface area contributed by atoms with E-state index < -0.39 is 21.2 Å². The van der Waals surface area contributed by atoms with Gasteiger partial charge >= 0.3 is 15.6 Å². The summed E-state index contributed by atoms with van der Waals surface area (Å²) in [6.07, 6.45) is 0. The maximum absolute atomic E-state index is 11.4. The summed E-state index contributed by atoms with van der Waals surface area (Å²) in [7, 11) is -8.91. The summed E-state index contributed by atoms with van der Waals surface area (Å²) >= 11 is 0. The van der Waals surface area contributed by atoms with Crippen molar-refractivity contribution < 1.29 is 27.8 Å². The molecule has 0 heterocycles. The van der Waals surface area contributed by atoms with E-state index in [2.05, 4.69) is 13.9 Å². The van der Waals surface area contributed by atoms with Gasteiger partial charge in [0.15, 0.2) is 0 Å². The van der Waals surface area contributed by atoms with Crippen molar-refractivity contribution in [1.82, 2.24) is 5.09 Å². The maximum atomic E-state index is 11.4. The van der Waals surface area contributed by atoms with Gasteiger partial charge in [0.05, 0.1) is 5.60 Å². The number of rotatable bonds is 5. The molecule has 0 aliphatic carbocycles. The first-order valence-electron chi connectivity index (χ1n) is 4.68. The standard InChI is InChI=1S/C7H19NO6P2/c1-6(2)8-15(9,10)14-16(11,12)13-7(3,4)5/h6H,1-5H3,(H,11,12)(H2,8,9,10). The molecule has 0 bridgehead atoms. The van der Waals surface area contributed by atoms with Crippen LogP contribution in [0.4, 0.5) is 0 Å². The smallest absolute Gasteiger partial charge is 0.312 e. The van der Waals surface area contributed by atoms with E-state index in [4.69, 9.17) is 0 Å². The quantitative estimate of drug-likeness (QED) is 0.659. The molecule has 0 radical (unpaired) electrons. The lowest BCUT2D eigenvalue weighted by atomic mass is 10.2. The zero-order valence-corrected chi connectivity index (χ0v) is 11.8. The topological polar surface area (TPSA) is 105 Å². The number of phosphoric acid groups is 1. The molecule has 0 aromatic rings. The molecule has 0 saturated carbocycles. The van der Waals surface area contributed by atoms with Crippen molar-refractivity contribution in [1.29, 1.82) is 0 Å². The molecule has 0 rings (SSSR count). The lowest BCUT2D eigenvalue weighted by molar-refractivity contribution is 0.0823. The fourth-order valence-corrected chi connectivity index (χ4v) is 3.64. The van der Waals surface area contributed by atoms with Crippen LogP contribution in [0.15, 0.2) is 0 Å². The molecule has 0 aliphatic rings. The van der Waals surface area contributed by atoms with Crippen molar-refractivity contribution >= 4 is 15.6 Å². The maximum Gasteiger partial charge on any atom is 0.480 e. The van der Waals surface area contributed by atoms with Crippen molar-refractivity contribution in [2.45, 2.75) is 46.3 Å². The molecule has 0 aliphatic heterocycles. The van der Waals surface area contributed by atoms with Gasteiger partial charge in [-0.15, -0.1) is 0 Å². The van der Waals surface area contributed by atoms with Crippen LogP contribution in [0, 0.1) is 0 Å². The number of hydrogen-bond donors (Lipinski definition) is 3. The molecule has 98 valence electrons. The minimum absolute atomic E-state index is 0.370. The zero-order chi connectivity index (χ0) is 13.2. The minimum Gasteiger partial charge on any atom is -0.312 e. The normalized spacial score (nSPS) is 20.5. The monoisotopic (exact) mass is 275 g/mol. The number of phosphoric ester groups is 1. The predicted octanol–water partition coefficient (Wildman–Crippen LogP) is 2.02. The second-order valence-corrected chi connectivity index (χ2v) is 7.63. The average Bonchev–Trinajstić information content (AvgIpc) is 1.69. The van der Waals surface area contributed by atoms with Crippen LogP contribution in [0.25, 0.3) is 0 Å². The molecule has 0 aromatic heterocycles. The molecular weight excluding hydrogens is 256 g/mol. The molecule has 9 heteroatoms. The van der Waals surface area contributed by atoms with Crippen LogP contribution in [0.3, 0.4) is 0 Å². The molecule has 0 aromatic carbocycles. The lowest BCUT2D eigenvalue weighted by Gasteiger charge is -2.24. The Bertz CT molecular complexity index is 323. The van der Waals surface area contributed by atoms with E-state index in [-0.39, 0.29) is 6.04 Å². The third-order valence-corrected chi connectivity index (χ3v) is 4.36. The molecule has 2 unspecified atom stereocenters. The SMILES string of the molecule is CC(C)NP(=O)(O)OP(=O)(O)OC(C)(C)C. The Hall–Kier alpha value is 0.260. The first-order chi connectivity index (χ1) is 6.83. The second-order valence-electron chi connectivity index (χ2n) is 4.56. The molecule has 3 N–H and O–H groups in total. The molecule has 0 amide bonds. The molecule has 0 spiro atoms. The van der Waals surface area contributed by atoms with Gasteiger partial charge in [0.2, 0.25) is 0 Å². The van der Waals surface area contributed by atoms with E-state index in [1.54, 1.807) is 13.8 Å². The van der Waals surface area contributed by atoms with Crippen molar-refractivity contribution in [3.05, 3.63) is 0 Å². The van der Waals surface area contributed by atoms with Gasteiger partial charge in [-0.05, 0) is 34.6 Å². The summed E-state index contributed by atoms with van der Waals surface area (Å²) in [4.78, 5) is 18.5. The highest BCUT2D eigenvalue weighted by molar-refractivity contribution is 7.62. The number of nitrogens with one attached hydrogen (secondary N) is 1. The van der Waals surface area contributed by atoms with Crippen LogP contribution in [0.2, 0.25) is 0 Å². The third kappa shape index (κ3) is 8.42. The van der Waals surface area contributed by atoms with Crippen LogP contribution in [0.1, 0.15) is 34.6 Å². The zero-order valence-electron chi connectivity index (χ0n) is 10.00. The molecule has 0 saturated heterocycles. The van der Waals surface area contributed by atoms with Gasteiger partial charge in [-0.1, -0.05) is 0 Å². The summed E-state index contributed by atoms with van der Waals surface area (Å²) < 4.78 is 31.6. The first kappa shape index (κ1) is 16.3. The molecule has 7 nitrogen and oxygen atoms in total. The molecular formula is C7H19NO6P2. The van der Waals surface area contributed by atoms with Crippen molar-refractivity contribution in [2.75, 3.05) is 0 Å². The Morgan fingerprint density at radius 2 is 1.62 bits per heavy atom. The van der Waals surface area contributed by atoms with E-state index >= 15 is 0 Å². The van der Waals surface area contributed by atoms with Gasteiger partial charge in [0.1, 0.15) is 0 Å². The Morgan fingerprint density at radius 1 is 1.19 bits per heavy atom. The van der Waals surface area contributed by atoms with Gasteiger partial charge in [0.25, 0.3) is 0 Å². The Labute approximate surface area is 95.4 Å². The summed E-state index contributed by atoms with van der Waals surface area (Å²) in [6.45, 7) is 7.77. The van der Waals surface area contributed by atoms with Gasteiger partial charge in [-0.3, -0.25) is 4.52 Å². The summed E-state index contributed by atoms with van der Waals surface area (Å²) in [5.74, 6) is 0. The average molecular weight is 275 g/mol. The van der Waals surface area contributed by atoms with E-state index in [0.29, 0.717) is 0 Å². The highest BCUT2D eigenvalue weighted by Crippen LogP contribution is 2.59. The fourth-order valence-electron chi connectivity index (χ4n) is 0.852. The molecule has 16 heavy (non-hydrogen) atoms. The summed E-state index contributed by atoms with van der Waals surface area (Å²) in [6, 6.07) is -0.370. The highest BCUT2D eigenvalue weighted by atomic mass is 31.3. The van der Waals surface area contributed by atoms with Crippen LogP contribution < -0.4 is 5.09 Å². The Balaban J connectivity index is 4.59. The predicted molar refractivity (Wildman–Crippen MR) is 59.8 cm³/mol. The van der Waals surface area contributed by atoms with Gasteiger partial charge in [-0.2, -0.15) is 4.31 Å². The van der Waals surface area contributed by atoms with Crippen LogP contribution in [-0.2, 0) is 18.0 Å². The van der Waals surface area contributed by atoms with E-state index in [0.717, 1.165) is 0 Å². The summed E-state index contributed by atoms with van der Waals surface area (Å²) in [5.41, 5.74) is -0.956. The second kappa shape index (κ2) is 5.27.